The van der Waals surface area contributed by atoms with Crippen molar-refractivity contribution in [2.24, 2.45) is 0 Å². The molecule has 1 aromatic heterocycles. The second-order valence-corrected chi connectivity index (χ2v) is 7.48. The van der Waals surface area contributed by atoms with E-state index < -0.39 is 0 Å². The van der Waals surface area contributed by atoms with Gasteiger partial charge in [0.05, 0.1) is 11.3 Å². The lowest BCUT2D eigenvalue weighted by Crippen LogP contribution is -2.13. The highest BCUT2D eigenvalue weighted by molar-refractivity contribution is 14.1. The summed E-state index contributed by atoms with van der Waals surface area (Å²) in [6.07, 6.45) is 3.32. The number of hydrogen-bond acceptors (Lipinski definition) is 3. The van der Waals surface area contributed by atoms with Gasteiger partial charge in [-0.2, -0.15) is 0 Å². The van der Waals surface area contributed by atoms with E-state index in [-0.39, 0.29) is 5.91 Å². The Hall–Kier alpha value is -0.470. The highest BCUT2D eigenvalue weighted by Gasteiger charge is 2.19. The van der Waals surface area contributed by atoms with Gasteiger partial charge in [0, 0.05) is 12.9 Å². The molecule has 3 rings (SSSR count). The van der Waals surface area contributed by atoms with Crippen LogP contribution < -0.4 is 5.32 Å². The Morgan fingerprint density at radius 2 is 2.26 bits per heavy atom. The van der Waals surface area contributed by atoms with E-state index in [2.05, 4.69) is 48.8 Å². The molecule has 3 nitrogen and oxygen atoms in total. The molecule has 2 aromatic rings. The number of anilines is 1. The summed E-state index contributed by atoms with van der Waals surface area (Å²) in [7, 11) is 0. The van der Waals surface area contributed by atoms with Gasteiger partial charge in [-0.3, -0.25) is 10.1 Å². The van der Waals surface area contributed by atoms with Crippen molar-refractivity contribution in [3.63, 3.8) is 0 Å². The summed E-state index contributed by atoms with van der Waals surface area (Å²) < 4.78 is 1.84. The third-order valence-corrected chi connectivity index (χ3v) is 5.50. The van der Waals surface area contributed by atoms with E-state index >= 15 is 0 Å². The first kappa shape index (κ1) is 13.5. The number of hydrogen-bond donors (Lipinski definition) is 1. The van der Waals surface area contributed by atoms with Crippen molar-refractivity contribution in [1.82, 2.24) is 4.98 Å². The third kappa shape index (κ3) is 2.85. The van der Waals surface area contributed by atoms with E-state index in [1.165, 1.54) is 11.3 Å². The summed E-state index contributed by atoms with van der Waals surface area (Å²) >= 11 is 7.15. The van der Waals surface area contributed by atoms with E-state index in [9.17, 15) is 4.79 Å². The third-order valence-electron chi connectivity index (χ3n) is 2.99. The molecule has 1 aromatic carbocycles. The van der Waals surface area contributed by atoms with Crippen LogP contribution in [0.4, 0.5) is 5.13 Å². The average Bonchev–Trinajstić information content (AvgIpc) is 2.92. The molecule has 0 radical (unpaired) electrons. The maximum Gasteiger partial charge on any atom is 0.258 e. The lowest BCUT2D eigenvalue weighted by Gasteiger charge is -2.05. The smallest absolute Gasteiger partial charge is 0.258 e. The second-order valence-electron chi connectivity index (χ2n) is 4.32. The van der Waals surface area contributed by atoms with E-state index in [1.807, 2.05) is 18.2 Å². The molecule has 0 atom stereocenters. The molecule has 0 fully saturated rings. The summed E-state index contributed by atoms with van der Waals surface area (Å²) in [5, 5.41) is 3.61. The van der Waals surface area contributed by atoms with Gasteiger partial charge in [-0.1, -0.05) is 15.9 Å². The van der Waals surface area contributed by atoms with Crippen molar-refractivity contribution in [1.29, 1.82) is 0 Å². The summed E-state index contributed by atoms with van der Waals surface area (Å²) in [6.45, 7) is 0. The summed E-state index contributed by atoms with van der Waals surface area (Å²) in [5.41, 5.74) is 1.83. The van der Waals surface area contributed by atoms with Gasteiger partial charge in [0.1, 0.15) is 0 Å². The first-order chi connectivity index (χ1) is 9.13. The highest BCUT2D eigenvalue weighted by Crippen LogP contribution is 2.31. The highest BCUT2D eigenvalue weighted by atomic mass is 127. The van der Waals surface area contributed by atoms with Gasteiger partial charge in [0.15, 0.2) is 5.13 Å². The minimum absolute atomic E-state index is 0.0990. The van der Waals surface area contributed by atoms with Gasteiger partial charge >= 0.3 is 0 Å². The largest absolute Gasteiger partial charge is 0.298 e. The van der Waals surface area contributed by atoms with Crippen LogP contribution in [0.5, 0.6) is 0 Å². The van der Waals surface area contributed by atoms with E-state index in [1.54, 1.807) is 11.3 Å². The first-order valence-electron chi connectivity index (χ1n) is 5.88. The molecule has 0 unspecified atom stereocenters. The molecule has 1 heterocycles. The van der Waals surface area contributed by atoms with E-state index in [0.717, 1.165) is 26.6 Å². The molecule has 0 bridgehead atoms. The summed E-state index contributed by atoms with van der Waals surface area (Å²) in [5.74, 6) is -0.0990. The van der Waals surface area contributed by atoms with Gasteiger partial charge in [-0.25, -0.2) is 4.98 Å². The Labute approximate surface area is 137 Å². The van der Waals surface area contributed by atoms with Crippen LogP contribution in [0.25, 0.3) is 0 Å². The SMILES string of the molecule is O=C(Nc1nc2c(s1)CCC2)c1cc(Br)ccc1I. The number of nitrogens with zero attached hydrogens (tertiary/aromatic N) is 1. The fourth-order valence-corrected chi connectivity index (χ4v) is 4.07. The van der Waals surface area contributed by atoms with Crippen molar-refractivity contribution in [2.75, 3.05) is 5.32 Å². The van der Waals surface area contributed by atoms with Crippen LogP contribution in [0.2, 0.25) is 0 Å². The van der Waals surface area contributed by atoms with Crippen LogP contribution in [0.1, 0.15) is 27.3 Å². The van der Waals surface area contributed by atoms with E-state index in [0.29, 0.717) is 10.7 Å². The Morgan fingerprint density at radius 3 is 3.05 bits per heavy atom. The zero-order valence-corrected chi connectivity index (χ0v) is 14.4. The van der Waals surface area contributed by atoms with Crippen LogP contribution in [0, 0.1) is 3.57 Å². The number of thiazole rings is 1. The van der Waals surface area contributed by atoms with Gasteiger partial charge in [-0.05, 0) is 60.1 Å². The number of amides is 1. The van der Waals surface area contributed by atoms with Crippen LogP contribution in [0.3, 0.4) is 0 Å². The van der Waals surface area contributed by atoms with Gasteiger partial charge in [-0.15, -0.1) is 11.3 Å². The molecular weight excluding hydrogens is 439 g/mol. The minimum Gasteiger partial charge on any atom is -0.298 e. The Balaban J connectivity index is 1.82. The van der Waals surface area contributed by atoms with Crippen LogP contribution in [-0.2, 0) is 12.8 Å². The number of fused-ring (bicyclic) bond motifs is 1. The fraction of sp³-hybridized carbons (Fsp3) is 0.231. The standard InChI is InChI=1S/C13H10BrIN2OS/c14-7-4-5-9(15)8(6-7)12(18)17-13-16-10-2-1-3-11(10)19-13/h4-6H,1-3H2,(H,16,17,18). The average molecular weight is 449 g/mol. The summed E-state index contributed by atoms with van der Waals surface area (Å²) in [4.78, 5) is 18.0. The zero-order chi connectivity index (χ0) is 13.4. The molecule has 6 heteroatoms. The zero-order valence-electron chi connectivity index (χ0n) is 9.87. The van der Waals surface area contributed by atoms with Gasteiger partial charge < -0.3 is 0 Å². The molecule has 0 aliphatic heterocycles. The Bertz CT molecular complexity index is 635. The Kier molecular flexibility index (Phi) is 3.91. The minimum atomic E-state index is -0.0990. The van der Waals surface area contributed by atoms with Gasteiger partial charge in [0.25, 0.3) is 5.91 Å². The number of rotatable bonds is 2. The van der Waals surface area contributed by atoms with Crippen LogP contribution in [-0.4, -0.2) is 10.9 Å². The molecule has 1 N–H and O–H groups in total. The lowest BCUT2D eigenvalue weighted by atomic mass is 10.2. The maximum absolute atomic E-state index is 12.2. The normalized spacial score (nSPS) is 13.4. The van der Waals surface area contributed by atoms with Crippen molar-refractivity contribution in [3.8, 4) is 0 Å². The summed E-state index contributed by atoms with van der Waals surface area (Å²) in [6, 6.07) is 5.68. The Morgan fingerprint density at radius 1 is 1.42 bits per heavy atom. The lowest BCUT2D eigenvalue weighted by molar-refractivity contribution is 0.102. The van der Waals surface area contributed by atoms with Crippen molar-refractivity contribution in [3.05, 3.63) is 42.4 Å². The van der Waals surface area contributed by atoms with Gasteiger partial charge in [0.2, 0.25) is 0 Å². The number of carbonyl (C=O) groups excluding carboxylic acids is 1. The monoisotopic (exact) mass is 448 g/mol. The molecule has 1 aliphatic carbocycles. The molecule has 1 amide bonds. The van der Waals surface area contributed by atoms with Crippen molar-refractivity contribution in [2.45, 2.75) is 19.3 Å². The predicted molar refractivity (Wildman–Crippen MR) is 89.0 cm³/mol. The maximum atomic E-state index is 12.2. The predicted octanol–water partition coefficient (Wildman–Crippen LogP) is 4.25. The van der Waals surface area contributed by atoms with Crippen LogP contribution in [0.15, 0.2) is 22.7 Å². The van der Waals surface area contributed by atoms with Crippen molar-refractivity contribution >= 4 is 60.9 Å². The molecule has 0 saturated carbocycles. The number of aryl methyl sites for hydroxylation is 2. The number of carbonyl (C=O) groups is 1. The molecule has 19 heavy (non-hydrogen) atoms. The molecule has 0 saturated heterocycles. The molecule has 1 aliphatic rings. The van der Waals surface area contributed by atoms with Crippen molar-refractivity contribution < 1.29 is 4.79 Å². The number of benzene rings is 1. The molecule has 0 spiro atoms. The van der Waals surface area contributed by atoms with E-state index in [4.69, 9.17) is 0 Å². The topological polar surface area (TPSA) is 42.0 Å². The second kappa shape index (κ2) is 5.49. The fourth-order valence-electron chi connectivity index (χ4n) is 2.08. The number of aromatic nitrogens is 1. The van der Waals surface area contributed by atoms with Crippen LogP contribution >= 0.6 is 49.9 Å². The number of nitrogens with one attached hydrogen (secondary N) is 1. The first-order valence-corrected chi connectivity index (χ1v) is 8.57. The quantitative estimate of drug-likeness (QED) is 0.697. The molecular formula is C13H10BrIN2OS. The molecule has 98 valence electrons. The number of halogens is 2.